The Bertz CT molecular complexity index is 1150. The molecular formula is C21H23N3O3S2. The highest BCUT2D eigenvalue weighted by Gasteiger charge is 2.28. The van der Waals surface area contributed by atoms with Crippen LogP contribution in [0.2, 0.25) is 0 Å². The van der Waals surface area contributed by atoms with E-state index < -0.39 is 10.0 Å². The van der Waals surface area contributed by atoms with Gasteiger partial charge in [0, 0.05) is 24.3 Å². The quantitative estimate of drug-likeness (QED) is 0.671. The number of nitrogens with one attached hydrogen (secondary N) is 1. The van der Waals surface area contributed by atoms with Crippen molar-refractivity contribution in [3.05, 3.63) is 53.0 Å². The number of carbonyl (C=O) groups is 1. The van der Waals surface area contributed by atoms with Gasteiger partial charge in [0.1, 0.15) is 0 Å². The topological polar surface area (TPSA) is 79.4 Å². The van der Waals surface area contributed by atoms with E-state index >= 15 is 0 Å². The van der Waals surface area contributed by atoms with E-state index in [-0.39, 0.29) is 10.8 Å². The van der Waals surface area contributed by atoms with Crippen molar-refractivity contribution in [3.63, 3.8) is 0 Å². The number of aromatic nitrogens is 1. The third-order valence-corrected chi connectivity index (χ3v) is 7.96. The van der Waals surface area contributed by atoms with Crippen molar-refractivity contribution in [2.24, 2.45) is 5.92 Å². The van der Waals surface area contributed by atoms with Crippen LogP contribution in [-0.2, 0) is 10.0 Å². The van der Waals surface area contributed by atoms with Crippen molar-refractivity contribution in [2.45, 2.75) is 31.6 Å². The summed E-state index contributed by atoms with van der Waals surface area (Å²) in [5.74, 6) is 0.0780. The lowest BCUT2D eigenvalue weighted by Crippen LogP contribution is -2.39. The largest absolute Gasteiger partial charge is 0.322 e. The Balaban J connectivity index is 1.49. The van der Waals surface area contributed by atoms with E-state index in [9.17, 15) is 13.2 Å². The van der Waals surface area contributed by atoms with Gasteiger partial charge in [-0.1, -0.05) is 6.92 Å². The van der Waals surface area contributed by atoms with Crippen molar-refractivity contribution in [3.8, 4) is 0 Å². The van der Waals surface area contributed by atoms with Gasteiger partial charge in [-0.3, -0.25) is 4.79 Å². The molecular weight excluding hydrogens is 406 g/mol. The van der Waals surface area contributed by atoms with Crippen molar-refractivity contribution in [1.82, 2.24) is 9.29 Å². The SMILES string of the molecule is Cc1nc2cc(NC(=O)c3ccc(S(=O)(=O)N4CCC[C@@H](C)C4)cc3)ccc2s1. The molecule has 2 heterocycles. The van der Waals surface area contributed by atoms with Crippen molar-refractivity contribution in [1.29, 1.82) is 0 Å². The lowest BCUT2D eigenvalue weighted by atomic mass is 10.0. The molecule has 1 amide bonds. The molecule has 1 aliphatic heterocycles. The first-order chi connectivity index (χ1) is 13.8. The number of carbonyl (C=O) groups excluding carboxylic acids is 1. The molecule has 1 fully saturated rings. The minimum absolute atomic E-state index is 0.225. The Labute approximate surface area is 174 Å². The predicted molar refractivity (Wildman–Crippen MR) is 116 cm³/mol. The van der Waals surface area contributed by atoms with Crippen molar-refractivity contribution < 1.29 is 13.2 Å². The Hall–Kier alpha value is -2.29. The third-order valence-electron chi connectivity index (χ3n) is 5.13. The summed E-state index contributed by atoms with van der Waals surface area (Å²) in [6.45, 7) is 5.11. The maximum Gasteiger partial charge on any atom is 0.255 e. The van der Waals surface area contributed by atoms with Gasteiger partial charge in [0.05, 0.1) is 20.1 Å². The molecule has 3 aromatic rings. The highest BCUT2D eigenvalue weighted by Crippen LogP contribution is 2.26. The van der Waals surface area contributed by atoms with Gasteiger partial charge >= 0.3 is 0 Å². The number of sulfonamides is 1. The summed E-state index contributed by atoms with van der Waals surface area (Å²) in [5.41, 5.74) is 1.92. The molecule has 8 heteroatoms. The summed E-state index contributed by atoms with van der Waals surface area (Å²) in [7, 11) is -3.52. The van der Waals surface area contributed by atoms with Crippen LogP contribution in [0.1, 0.15) is 35.1 Å². The fourth-order valence-corrected chi connectivity index (χ4v) is 6.02. The van der Waals surface area contributed by atoms with Crippen LogP contribution >= 0.6 is 11.3 Å². The average molecular weight is 430 g/mol. The Morgan fingerprint density at radius 3 is 2.69 bits per heavy atom. The van der Waals surface area contributed by atoms with E-state index in [1.807, 2.05) is 25.1 Å². The fourth-order valence-electron chi connectivity index (χ4n) is 3.62. The van der Waals surface area contributed by atoms with Crippen LogP contribution in [0.4, 0.5) is 5.69 Å². The molecule has 6 nitrogen and oxygen atoms in total. The molecule has 4 rings (SSSR count). The maximum atomic E-state index is 12.9. The number of rotatable bonds is 4. The number of thiazole rings is 1. The molecule has 0 bridgehead atoms. The van der Waals surface area contributed by atoms with Gasteiger partial charge in [0.2, 0.25) is 10.0 Å². The molecule has 2 aromatic carbocycles. The van der Waals surface area contributed by atoms with Crippen molar-refractivity contribution in [2.75, 3.05) is 18.4 Å². The Kier molecular flexibility index (Phi) is 5.42. The number of piperidine rings is 1. The smallest absolute Gasteiger partial charge is 0.255 e. The second-order valence-corrected chi connectivity index (χ2v) is 10.7. The monoisotopic (exact) mass is 429 g/mol. The van der Waals surface area contributed by atoms with Gasteiger partial charge in [-0.25, -0.2) is 13.4 Å². The first kappa shape index (κ1) is 20.0. The van der Waals surface area contributed by atoms with Crippen LogP contribution < -0.4 is 5.32 Å². The van der Waals surface area contributed by atoms with Crippen LogP contribution in [0.5, 0.6) is 0 Å². The number of fused-ring (bicyclic) bond motifs is 1. The summed E-state index contributed by atoms with van der Waals surface area (Å²) in [4.78, 5) is 17.2. The molecule has 0 aliphatic carbocycles. The molecule has 0 unspecified atom stereocenters. The molecule has 1 aromatic heterocycles. The van der Waals surface area contributed by atoms with E-state index in [2.05, 4.69) is 17.2 Å². The molecule has 1 N–H and O–H groups in total. The Morgan fingerprint density at radius 2 is 1.97 bits per heavy atom. The van der Waals surface area contributed by atoms with E-state index in [0.717, 1.165) is 28.1 Å². The first-order valence-electron chi connectivity index (χ1n) is 9.62. The van der Waals surface area contributed by atoms with Gasteiger partial charge in [0.15, 0.2) is 0 Å². The van der Waals surface area contributed by atoms with E-state index in [4.69, 9.17) is 0 Å². The maximum absolute atomic E-state index is 12.9. The normalized spacial score (nSPS) is 18.1. The summed E-state index contributed by atoms with van der Waals surface area (Å²) < 4.78 is 28.3. The van der Waals surface area contributed by atoms with Gasteiger partial charge < -0.3 is 5.32 Å². The van der Waals surface area contributed by atoms with Crippen LogP contribution in [-0.4, -0.2) is 36.7 Å². The predicted octanol–water partition coefficient (Wildman–Crippen LogP) is 4.28. The minimum Gasteiger partial charge on any atom is -0.322 e. The molecule has 1 atom stereocenters. The van der Waals surface area contributed by atoms with Crippen LogP contribution in [0.25, 0.3) is 10.2 Å². The molecule has 1 saturated heterocycles. The van der Waals surface area contributed by atoms with Gasteiger partial charge in [-0.15, -0.1) is 11.3 Å². The highest BCUT2D eigenvalue weighted by atomic mass is 32.2. The summed E-state index contributed by atoms with van der Waals surface area (Å²) >= 11 is 1.61. The summed E-state index contributed by atoms with van der Waals surface area (Å²) in [6, 6.07) is 11.8. The van der Waals surface area contributed by atoms with Gasteiger partial charge in [-0.05, 0) is 68.1 Å². The third kappa shape index (κ3) is 4.19. The number of nitrogens with zero attached hydrogens (tertiary/aromatic N) is 2. The lowest BCUT2D eigenvalue weighted by molar-refractivity contribution is 0.102. The number of aryl methyl sites for hydroxylation is 1. The van der Waals surface area contributed by atoms with Crippen LogP contribution in [0.3, 0.4) is 0 Å². The molecule has 0 spiro atoms. The fraction of sp³-hybridized carbons (Fsp3) is 0.333. The number of benzene rings is 2. The number of anilines is 1. The molecule has 0 saturated carbocycles. The minimum atomic E-state index is -3.52. The molecule has 29 heavy (non-hydrogen) atoms. The average Bonchev–Trinajstić information content (AvgIpc) is 3.07. The lowest BCUT2D eigenvalue weighted by Gasteiger charge is -2.30. The van der Waals surface area contributed by atoms with Crippen molar-refractivity contribution >= 4 is 43.2 Å². The summed E-state index contributed by atoms with van der Waals surface area (Å²) in [5, 5.41) is 3.83. The van der Waals surface area contributed by atoms with Gasteiger partial charge in [-0.2, -0.15) is 4.31 Å². The number of hydrogen-bond donors (Lipinski definition) is 1. The number of amides is 1. The summed E-state index contributed by atoms with van der Waals surface area (Å²) in [6.07, 6.45) is 1.93. The highest BCUT2D eigenvalue weighted by molar-refractivity contribution is 7.89. The zero-order valence-corrected chi connectivity index (χ0v) is 18.0. The number of hydrogen-bond acceptors (Lipinski definition) is 5. The zero-order valence-electron chi connectivity index (χ0n) is 16.4. The zero-order chi connectivity index (χ0) is 20.6. The standard InChI is InChI=1S/C21H23N3O3S2/c1-14-4-3-11-24(13-14)29(26,27)18-8-5-16(6-9-18)21(25)23-17-7-10-20-19(12-17)22-15(2)28-20/h5-10,12,14H,3-4,11,13H2,1-2H3,(H,23,25)/t14-/m1/s1. The molecule has 1 aliphatic rings. The van der Waals surface area contributed by atoms with Gasteiger partial charge in [0.25, 0.3) is 5.91 Å². The molecule has 0 radical (unpaired) electrons. The first-order valence-corrected chi connectivity index (χ1v) is 11.9. The second-order valence-electron chi connectivity index (χ2n) is 7.50. The van der Waals surface area contributed by atoms with Crippen LogP contribution in [0, 0.1) is 12.8 Å². The second kappa shape index (κ2) is 7.85. The van der Waals surface area contributed by atoms with E-state index in [1.165, 1.54) is 12.1 Å². The van der Waals surface area contributed by atoms with Crippen LogP contribution in [0.15, 0.2) is 47.4 Å². The van der Waals surface area contributed by atoms with E-state index in [1.54, 1.807) is 27.8 Å². The molecule has 152 valence electrons. The van der Waals surface area contributed by atoms with E-state index in [0.29, 0.717) is 30.3 Å². The Morgan fingerprint density at radius 1 is 1.21 bits per heavy atom.